The van der Waals surface area contributed by atoms with Gasteiger partial charge in [-0.1, -0.05) is 12.1 Å². The van der Waals surface area contributed by atoms with E-state index in [1.54, 1.807) is 19.1 Å². The van der Waals surface area contributed by atoms with Crippen LogP contribution in [0.4, 0.5) is 5.69 Å². The van der Waals surface area contributed by atoms with Crippen LogP contribution < -0.4 is 9.54 Å². The molecular weight excluding hydrogens is 376 g/mol. The molecule has 1 aromatic heterocycles. The molecular formula is C20H20N4O3S. The molecule has 0 spiro atoms. The van der Waals surface area contributed by atoms with Crippen LogP contribution in [0.25, 0.3) is 11.3 Å². The minimum atomic E-state index is -0.420. The number of hydrogen-bond donors (Lipinski definition) is 0. The Hall–Kier alpha value is -3.26. The van der Waals surface area contributed by atoms with Gasteiger partial charge < -0.3 is 9.30 Å². The summed E-state index contributed by atoms with van der Waals surface area (Å²) >= 11 is 1.48. The quantitative estimate of drug-likeness (QED) is 0.352. The summed E-state index contributed by atoms with van der Waals surface area (Å²) in [5.74, 6) is 0.839. The van der Waals surface area contributed by atoms with Gasteiger partial charge in [0, 0.05) is 30.1 Å². The summed E-state index contributed by atoms with van der Waals surface area (Å²) in [4.78, 5) is 11.2. The van der Waals surface area contributed by atoms with Gasteiger partial charge >= 0.3 is 0 Å². The molecule has 0 saturated heterocycles. The number of aromatic nitrogens is 1. The molecule has 3 aromatic rings. The maximum absolute atomic E-state index is 10.9. The van der Waals surface area contributed by atoms with Crippen molar-refractivity contribution >= 4 is 22.7 Å². The summed E-state index contributed by atoms with van der Waals surface area (Å²) in [5, 5.41) is 21.5. The highest BCUT2D eigenvalue weighted by Gasteiger charge is 2.08. The summed E-state index contributed by atoms with van der Waals surface area (Å²) in [6.45, 7) is 4.37. The Morgan fingerprint density at radius 1 is 1.25 bits per heavy atom. The highest BCUT2D eigenvalue weighted by atomic mass is 32.1. The first kappa shape index (κ1) is 19.5. The average Bonchev–Trinajstić information content (AvgIpc) is 3.07. The molecule has 3 rings (SSSR count). The fourth-order valence-electron chi connectivity index (χ4n) is 2.63. The van der Waals surface area contributed by atoms with Crippen molar-refractivity contribution in [2.75, 3.05) is 6.61 Å². The summed E-state index contributed by atoms with van der Waals surface area (Å²) in [6, 6.07) is 14.3. The molecule has 1 heterocycles. The van der Waals surface area contributed by atoms with Crippen molar-refractivity contribution < 1.29 is 9.66 Å². The molecule has 8 heteroatoms. The summed E-state index contributed by atoms with van der Waals surface area (Å²) in [5.41, 5.74) is 3.40. The zero-order valence-electron chi connectivity index (χ0n) is 15.8. The molecule has 28 heavy (non-hydrogen) atoms. The molecule has 0 N–H and O–H groups in total. The molecule has 0 radical (unpaired) electrons. The van der Waals surface area contributed by atoms with Crippen LogP contribution >= 0.6 is 11.3 Å². The summed E-state index contributed by atoms with van der Waals surface area (Å²) in [7, 11) is 1.93. The van der Waals surface area contributed by atoms with Gasteiger partial charge in [0.1, 0.15) is 5.75 Å². The van der Waals surface area contributed by atoms with Crippen LogP contribution in [0.3, 0.4) is 0 Å². The Labute approximate surface area is 166 Å². The average molecular weight is 396 g/mol. The predicted molar refractivity (Wildman–Crippen MR) is 111 cm³/mol. The molecule has 0 aliphatic rings. The number of non-ortho nitro benzene ring substituents is 1. The molecule has 0 atom stereocenters. The van der Waals surface area contributed by atoms with Crippen molar-refractivity contribution in [3.05, 3.63) is 74.4 Å². The maximum atomic E-state index is 10.9. The van der Waals surface area contributed by atoms with E-state index in [2.05, 4.69) is 10.2 Å². The van der Waals surface area contributed by atoms with Gasteiger partial charge in [0.15, 0.2) is 0 Å². The standard InChI is InChI=1S/C20H20N4O3S/c1-4-27-18-10-8-15(9-11-18)19-13-28-20(23(19)3)22-21-14(2)16-6-5-7-17(12-16)24(25)26/h5-13H,4H2,1-3H3. The number of hydrogen-bond acceptors (Lipinski definition) is 6. The lowest BCUT2D eigenvalue weighted by molar-refractivity contribution is -0.384. The molecule has 0 amide bonds. The lowest BCUT2D eigenvalue weighted by atomic mass is 10.1. The number of thiazole rings is 1. The summed E-state index contributed by atoms with van der Waals surface area (Å²) in [6.07, 6.45) is 0. The zero-order valence-corrected chi connectivity index (χ0v) is 16.6. The minimum absolute atomic E-state index is 0.0338. The van der Waals surface area contributed by atoms with Crippen LogP contribution in [-0.4, -0.2) is 21.8 Å². The summed E-state index contributed by atoms with van der Waals surface area (Å²) < 4.78 is 7.44. The van der Waals surface area contributed by atoms with Crippen LogP contribution in [0.15, 0.2) is 64.1 Å². The Morgan fingerprint density at radius 3 is 2.68 bits per heavy atom. The van der Waals surface area contributed by atoms with Crippen molar-refractivity contribution in [1.29, 1.82) is 0 Å². The highest BCUT2D eigenvalue weighted by Crippen LogP contribution is 2.22. The normalized spacial score (nSPS) is 12.2. The van der Waals surface area contributed by atoms with Gasteiger partial charge in [0.25, 0.3) is 5.69 Å². The van der Waals surface area contributed by atoms with Crippen molar-refractivity contribution in [1.82, 2.24) is 4.57 Å². The van der Waals surface area contributed by atoms with Gasteiger partial charge in [-0.2, -0.15) is 5.10 Å². The van der Waals surface area contributed by atoms with Crippen molar-refractivity contribution in [3.63, 3.8) is 0 Å². The van der Waals surface area contributed by atoms with Gasteiger partial charge in [-0.15, -0.1) is 16.4 Å². The fraction of sp³-hybridized carbons (Fsp3) is 0.200. The monoisotopic (exact) mass is 396 g/mol. The Balaban J connectivity index is 1.88. The molecule has 0 unspecified atom stereocenters. The van der Waals surface area contributed by atoms with Crippen molar-refractivity contribution in [3.8, 4) is 17.0 Å². The number of nitro benzene ring substituents is 1. The SMILES string of the molecule is CCOc1ccc(-c2csc(=NN=C(C)c3cccc([N+](=O)[O-])c3)n2C)cc1. The molecule has 7 nitrogen and oxygen atoms in total. The smallest absolute Gasteiger partial charge is 0.270 e. The van der Waals surface area contributed by atoms with E-state index >= 15 is 0 Å². The molecule has 2 aromatic carbocycles. The van der Waals surface area contributed by atoms with E-state index in [1.807, 2.05) is 48.2 Å². The number of ether oxygens (including phenoxy) is 1. The second kappa shape index (κ2) is 8.62. The Bertz CT molecular complexity index is 1080. The number of nitro groups is 1. The lowest BCUT2D eigenvalue weighted by Crippen LogP contribution is -2.11. The van der Waals surface area contributed by atoms with E-state index < -0.39 is 4.92 Å². The Morgan fingerprint density at radius 2 is 2.00 bits per heavy atom. The number of nitrogens with zero attached hydrogens (tertiary/aromatic N) is 4. The lowest BCUT2D eigenvalue weighted by Gasteiger charge is -2.05. The van der Waals surface area contributed by atoms with Gasteiger partial charge in [-0.25, -0.2) is 0 Å². The van der Waals surface area contributed by atoms with Crippen LogP contribution in [0.2, 0.25) is 0 Å². The van der Waals surface area contributed by atoms with Gasteiger partial charge in [-0.3, -0.25) is 10.1 Å². The van der Waals surface area contributed by atoms with Crippen molar-refractivity contribution in [2.24, 2.45) is 17.3 Å². The zero-order chi connectivity index (χ0) is 20.1. The van der Waals surface area contributed by atoms with E-state index in [1.165, 1.54) is 23.5 Å². The third kappa shape index (κ3) is 4.34. The second-order valence-corrected chi connectivity index (χ2v) is 6.85. The molecule has 0 bridgehead atoms. The fourth-order valence-corrected chi connectivity index (χ4v) is 3.49. The number of rotatable bonds is 6. The maximum Gasteiger partial charge on any atom is 0.270 e. The van der Waals surface area contributed by atoms with Gasteiger partial charge in [-0.05, 0) is 43.7 Å². The van der Waals surface area contributed by atoms with Gasteiger partial charge in [0.2, 0.25) is 4.80 Å². The predicted octanol–water partition coefficient (Wildman–Crippen LogP) is 4.39. The first-order valence-corrected chi connectivity index (χ1v) is 9.58. The third-order valence-corrected chi connectivity index (χ3v) is 5.05. The number of benzene rings is 2. The van der Waals surface area contributed by atoms with Crippen LogP contribution in [0.5, 0.6) is 5.75 Å². The van der Waals surface area contributed by atoms with Crippen LogP contribution in [0, 0.1) is 10.1 Å². The first-order valence-electron chi connectivity index (χ1n) is 8.70. The molecule has 0 saturated carbocycles. The topological polar surface area (TPSA) is 82.0 Å². The first-order chi connectivity index (χ1) is 13.5. The van der Waals surface area contributed by atoms with E-state index in [0.29, 0.717) is 17.9 Å². The Kier molecular flexibility index (Phi) is 6.00. The highest BCUT2D eigenvalue weighted by molar-refractivity contribution is 7.07. The van der Waals surface area contributed by atoms with E-state index in [-0.39, 0.29) is 5.69 Å². The third-order valence-electron chi connectivity index (χ3n) is 4.15. The van der Waals surface area contributed by atoms with E-state index in [0.717, 1.165) is 21.8 Å². The minimum Gasteiger partial charge on any atom is -0.494 e. The largest absolute Gasteiger partial charge is 0.494 e. The molecule has 0 fully saturated rings. The molecule has 144 valence electrons. The van der Waals surface area contributed by atoms with Gasteiger partial charge in [0.05, 0.1) is 22.9 Å². The van der Waals surface area contributed by atoms with E-state index in [9.17, 15) is 10.1 Å². The second-order valence-electron chi connectivity index (χ2n) is 6.01. The van der Waals surface area contributed by atoms with Crippen molar-refractivity contribution in [2.45, 2.75) is 13.8 Å². The van der Waals surface area contributed by atoms with E-state index in [4.69, 9.17) is 4.74 Å². The molecule has 0 aliphatic carbocycles. The molecule has 0 aliphatic heterocycles. The van der Waals surface area contributed by atoms with Crippen LogP contribution in [-0.2, 0) is 7.05 Å². The van der Waals surface area contributed by atoms with Crippen LogP contribution in [0.1, 0.15) is 19.4 Å².